The molecule has 28 heavy (non-hydrogen) atoms. The summed E-state index contributed by atoms with van der Waals surface area (Å²) in [6.07, 6.45) is 3.09. The highest BCUT2D eigenvalue weighted by Crippen LogP contribution is 2.20. The van der Waals surface area contributed by atoms with E-state index in [1.165, 1.54) is 25.3 Å². The van der Waals surface area contributed by atoms with Crippen molar-refractivity contribution < 1.29 is 13.2 Å². The molecule has 1 atom stereocenters. The zero-order valence-corrected chi connectivity index (χ0v) is 16.5. The number of benzene rings is 3. The number of carbonyl (C=O) groups excluding carboxylic acids is 1. The highest BCUT2D eigenvalue weighted by Gasteiger charge is 2.10. The number of hydrogen-bond donors (Lipinski definition) is 2. The van der Waals surface area contributed by atoms with Crippen LogP contribution in [0.25, 0.3) is 16.8 Å². The standard InChI is InChI=1S/C22H22N2O3S/c1-16(19-11-10-18-5-3-4-6-20(18)15-19)24-22(25)14-9-17-7-12-21(13-8-17)28(26,27)23-2/h3-16,23H,1-2H3,(H,24,25)/b14-9+. The van der Waals surface area contributed by atoms with Crippen LogP contribution in [0.2, 0.25) is 0 Å². The third-order valence-electron chi connectivity index (χ3n) is 4.52. The van der Waals surface area contributed by atoms with Crippen molar-refractivity contribution in [1.29, 1.82) is 0 Å². The lowest BCUT2D eigenvalue weighted by Gasteiger charge is -2.14. The molecule has 5 nitrogen and oxygen atoms in total. The largest absolute Gasteiger partial charge is 0.346 e. The van der Waals surface area contributed by atoms with Crippen LogP contribution < -0.4 is 10.0 Å². The highest BCUT2D eigenvalue weighted by atomic mass is 32.2. The summed E-state index contributed by atoms with van der Waals surface area (Å²) in [6.45, 7) is 1.94. The van der Waals surface area contributed by atoms with Crippen molar-refractivity contribution in [3.05, 3.63) is 83.9 Å². The van der Waals surface area contributed by atoms with Crippen LogP contribution in [0.4, 0.5) is 0 Å². The van der Waals surface area contributed by atoms with E-state index in [0.29, 0.717) is 0 Å². The fourth-order valence-corrected chi connectivity index (χ4v) is 3.60. The van der Waals surface area contributed by atoms with Gasteiger partial charge in [0, 0.05) is 6.08 Å². The highest BCUT2D eigenvalue weighted by molar-refractivity contribution is 7.89. The molecule has 3 aromatic carbocycles. The third-order valence-corrected chi connectivity index (χ3v) is 5.95. The topological polar surface area (TPSA) is 75.3 Å². The van der Waals surface area contributed by atoms with Crippen molar-refractivity contribution in [2.75, 3.05) is 7.05 Å². The first-order chi connectivity index (χ1) is 13.4. The Kier molecular flexibility index (Phi) is 5.92. The van der Waals surface area contributed by atoms with E-state index >= 15 is 0 Å². The van der Waals surface area contributed by atoms with E-state index in [0.717, 1.165) is 21.9 Å². The van der Waals surface area contributed by atoms with E-state index in [2.05, 4.69) is 22.2 Å². The second-order valence-electron chi connectivity index (χ2n) is 6.45. The molecule has 0 heterocycles. The van der Waals surface area contributed by atoms with Gasteiger partial charge in [-0.25, -0.2) is 13.1 Å². The molecule has 0 radical (unpaired) electrons. The second kappa shape index (κ2) is 8.37. The minimum Gasteiger partial charge on any atom is -0.346 e. The molecule has 0 fully saturated rings. The first-order valence-electron chi connectivity index (χ1n) is 8.90. The number of hydrogen-bond acceptors (Lipinski definition) is 3. The maximum absolute atomic E-state index is 12.2. The SMILES string of the molecule is CNS(=O)(=O)c1ccc(/C=C/C(=O)NC(C)c2ccc3ccccc3c2)cc1. The Morgan fingerprint density at radius 1 is 0.964 bits per heavy atom. The molecule has 3 rings (SSSR count). The normalized spacial score (nSPS) is 12.9. The van der Waals surface area contributed by atoms with Gasteiger partial charge in [-0.2, -0.15) is 0 Å². The average molecular weight is 394 g/mol. The molecule has 1 amide bonds. The van der Waals surface area contributed by atoms with Gasteiger partial charge in [0.05, 0.1) is 10.9 Å². The molecule has 0 aromatic heterocycles. The summed E-state index contributed by atoms with van der Waals surface area (Å²) in [6, 6.07) is 20.4. The Bertz CT molecular complexity index is 1120. The van der Waals surface area contributed by atoms with Crippen LogP contribution >= 0.6 is 0 Å². The molecule has 0 bridgehead atoms. The predicted molar refractivity (Wildman–Crippen MR) is 112 cm³/mol. The van der Waals surface area contributed by atoms with Gasteiger partial charge in [-0.15, -0.1) is 0 Å². The van der Waals surface area contributed by atoms with E-state index in [1.54, 1.807) is 18.2 Å². The zero-order chi connectivity index (χ0) is 20.1. The van der Waals surface area contributed by atoms with Gasteiger partial charge in [-0.05, 0) is 60.1 Å². The number of fused-ring (bicyclic) bond motifs is 1. The van der Waals surface area contributed by atoms with Gasteiger partial charge in [0.25, 0.3) is 0 Å². The minimum atomic E-state index is -3.46. The quantitative estimate of drug-likeness (QED) is 0.627. The van der Waals surface area contributed by atoms with Crippen LogP contribution in [0.3, 0.4) is 0 Å². The maximum Gasteiger partial charge on any atom is 0.244 e. The molecule has 0 spiro atoms. The number of nitrogens with one attached hydrogen (secondary N) is 2. The Balaban J connectivity index is 1.65. The van der Waals surface area contributed by atoms with E-state index < -0.39 is 10.0 Å². The van der Waals surface area contributed by atoms with Crippen molar-refractivity contribution in [2.45, 2.75) is 17.9 Å². The smallest absolute Gasteiger partial charge is 0.244 e. The van der Waals surface area contributed by atoms with Gasteiger partial charge in [0.15, 0.2) is 0 Å². The molecule has 0 saturated heterocycles. The molecule has 144 valence electrons. The fourth-order valence-electron chi connectivity index (χ4n) is 2.87. The fraction of sp³-hybridized carbons (Fsp3) is 0.136. The van der Waals surface area contributed by atoms with Crippen LogP contribution in [0.1, 0.15) is 24.1 Å². The Hall–Kier alpha value is -2.96. The summed E-state index contributed by atoms with van der Waals surface area (Å²) in [5.41, 5.74) is 1.77. The van der Waals surface area contributed by atoms with Crippen molar-refractivity contribution in [1.82, 2.24) is 10.0 Å². The van der Waals surface area contributed by atoms with Gasteiger partial charge < -0.3 is 5.32 Å². The molecule has 6 heteroatoms. The Morgan fingerprint density at radius 2 is 1.64 bits per heavy atom. The predicted octanol–water partition coefficient (Wildman–Crippen LogP) is 3.64. The van der Waals surface area contributed by atoms with Crippen LogP contribution in [-0.4, -0.2) is 21.4 Å². The lowest BCUT2D eigenvalue weighted by Crippen LogP contribution is -2.24. The molecule has 0 aliphatic carbocycles. The van der Waals surface area contributed by atoms with E-state index in [1.807, 2.05) is 37.3 Å². The van der Waals surface area contributed by atoms with Crippen molar-refractivity contribution in [3.63, 3.8) is 0 Å². The first-order valence-corrected chi connectivity index (χ1v) is 10.4. The van der Waals surface area contributed by atoms with Gasteiger partial charge >= 0.3 is 0 Å². The van der Waals surface area contributed by atoms with E-state index in [4.69, 9.17) is 0 Å². The summed E-state index contributed by atoms with van der Waals surface area (Å²) in [4.78, 5) is 12.4. The van der Waals surface area contributed by atoms with Crippen molar-refractivity contribution >= 4 is 32.8 Å². The molecule has 0 aliphatic heterocycles. The molecule has 0 saturated carbocycles. The van der Waals surface area contributed by atoms with Gasteiger partial charge in [-0.3, -0.25) is 4.79 Å². The van der Waals surface area contributed by atoms with E-state index in [9.17, 15) is 13.2 Å². The summed E-state index contributed by atoms with van der Waals surface area (Å²) in [7, 11) is -2.10. The van der Waals surface area contributed by atoms with E-state index in [-0.39, 0.29) is 16.8 Å². The average Bonchev–Trinajstić information content (AvgIpc) is 2.72. The molecule has 3 aromatic rings. The lowest BCUT2D eigenvalue weighted by molar-refractivity contribution is -0.117. The first kappa shape index (κ1) is 19.8. The minimum absolute atomic E-state index is 0.134. The maximum atomic E-state index is 12.2. The van der Waals surface area contributed by atoms with Crippen molar-refractivity contribution in [3.8, 4) is 0 Å². The molecule has 1 unspecified atom stereocenters. The van der Waals surface area contributed by atoms with Crippen LogP contribution in [0.15, 0.2) is 77.7 Å². The number of rotatable bonds is 6. The van der Waals surface area contributed by atoms with Crippen molar-refractivity contribution in [2.24, 2.45) is 0 Å². The summed E-state index contributed by atoms with van der Waals surface area (Å²) < 4.78 is 25.7. The second-order valence-corrected chi connectivity index (χ2v) is 8.33. The summed E-state index contributed by atoms with van der Waals surface area (Å²) >= 11 is 0. The van der Waals surface area contributed by atoms with Gasteiger partial charge in [0.1, 0.15) is 0 Å². The number of amides is 1. The number of carbonyl (C=O) groups is 1. The summed E-state index contributed by atoms with van der Waals surface area (Å²) in [5.74, 6) is -0.215. The van der Waals surface area contributed by atoms with Gasteiger partial charge in [0.2, 0.25) is 15.9 Å². The summed E-state index contributed by atoms with van der Waals surface area (Å²) in [5, 5.41) is 5.24. The monoisotopic (exact) mass is 394 g/mol. The molecular formula is C22H22N2O3S. The Labute approximate surface area is 165 Å². The molecule has 0 aliphatic rings. The van der Waals surface area contributed by atoms with Crippen LogP contribution in [0, 0.1) is 0 Å². The number of sulfonamides is 1. The molecular weight excluding hydrogens is 372 g/mol. The lowest BCUT2D eigenvalue weighted by atomic mass is 10.0. The zero-order valence-electron chi connectivity index (χ0n) is 15.7. The molecule has 2 N–H and O–H groups in total. The van der Waals surface area contributed by atoms with Crippen LogP contribution in [0.5, 0.6) is 0 Å². The van der Waals surface area contributed by atoms with Crippen LogP contribution in [-0.2, 0) is 14.8 Å². The third kappa shape index (κ3) is 4.65. The Morgan fingerprint density at radius 3 is 2.32 bits per heavy atom. The van der Waals surface area contributed by atoms with Gasteiger partial charge in [-0.1, -0.05) is 48.5 Å².